The van der Waals surface area contributed by atoms with Gasteiger partial charge in [0.1, 0.15) is 5.52 Å². The Hall–Kier alpha value is -3.45. The second-order valence-electron chi connectivity index (χ2n) is 9.94. The number of oxazole rings is 1. The van der Waals surface area contributed by atoms with Crippen molar-refractivity contribution >= 4 is 17.0 Å². The van der Waals surface area contributed by atoms with Crippen LogP contribution in [0.2, 0.25) is 0 Å². The maximum atomic E-state index is 13.3. The summed E-state index contributed by atoms with van der Waals surface area (Å²) in [6.07, 6.45) is 3.72. The van der Waals surface area contributed by atoms with Gasteiger partial charge in [-0.25, -0.2) is 4.98 Å². The molecule has 2 aliphatic heterocycles. The zero-order valence-corrected chi connectivity index (χ0v) is 20.2. The molecule has 35 heavy (non-hydrogen) atoms. The SMILES string of the molecule is Cc1nc2ccc(-c3n[nH]c4c3CN(C(=O)C[C@@H]3CCCN(Cc5ccccc5)C3)CC4)cc2o1. The average molecular weight is 470 g/mol. The van der Waals surface area contributed by atoms with Crippen molar-refractivity contribution in [2.45, 2.75) is 45.7 Å². The lowest BCUT2D eigenvalue weighted by Gasteiger charge is -2.34. The first-order valence-electron chi connectivity index (χ1n) is 12.6. The van der Waals surface area contributed by atoms with Gasteiger partial charge in [0.25, 0.3) is 0 Å². The van der Waals surface area contributed by atoms with E-state index in [0.29, 0.717) is 24.8 Å². The molecule has 1 N–H and O–H groups in total. The highest BCUT2D eigenvalue weighted by Gasteiger charge is 2.29. The van der Waals surface area contributed by atoms with E-state index in [1.54, 1.807) is 0 Å². The maximum Gasteiger partial charge on any atom is 0.223 e. The van der Waals surface area contributed by atoms with Gasteiger partial charge in [0.2, 0.25) is 5.91 Å². The molecule has 7 heteroatoms. The van der Waals surface area contributed by atoms with Crippen molar-refractivity contribution in [1.82, 2.24) is 25.0 Å². The molecule has 4 heterocycles. The van der Waals surface area contributed by atoms with Gasteiger partial charge in [-0.15, -0.1) is 0 Å². The molecular formula is C28H31N5O2. The van der Waals surface area contributed by atoms with E-state index in [1.165, 1.54) is 5.56 Å². The van der Waals surface area contributed by atoms with E-state index in [0.717, 1.165) is 79.1 Å². The summed E-state index contributed by atoms with van der Waals surface area (Å²) >= 11 is 0. The third-order valence-electron chi connectivity index (χ3n) is 7.37. The molecule has 2 aromatic carbocycles. The number of aryl methyl sites for hydroxylation is 1. The fourth-order valence-corrected chi connectivity index (χ4v) is 5.61. The zero-order valence-electron chi connectivity index (χ0n) is 20.2. The van der Waals surface area contributed by atoms with Crippen LogP contribution in [-0.2, 0) is 24.3 Å². The van der Waals surface area contributed by atoms with E-state index in [1.807, 2.05) is 30.0 Å². The summed E-state index contributed by atoms with van der Waals surface area (Å²) in [5, 5.41) is 7.82. The first-order chi connectivity index (χ1) is 17.1. The normalized spacial score (nSPS) is 18.7. The quantitative estimate of drug-likeness (QED) is 0.458. The van der Waals surface area contributed by atoms with E-state index in [4.69, 9.17) is 4.42 Å². The molecule has 0 spiro atoms. The highest BCUT2D eigenvalue weighted by atomic mass is 16.3. The van der Waals surface area contributed by atoms with Crippen LogP contribution >= 0.6 is 0 Å². The molecule has 180 valence electrons. The summed E-state index contributed by atoms with van der Waals surface area (Å²) in [4.78, 5) is 22.3. The number of fused-ring (bicyclic) bond motifs is 2. The molecule has 1 amide bonds. The van der Waals surface area contributed by atoms with Crippen LogP contribution < -0.4 is 0 Å². The Kier molecular flexibility index (Phi) is 5.86. The molecule has 0 bridgehead atoms. The van der Waals surface area contributed by atoms with Gasteiger partial charge in [-0.1, -0.05) is 36.4 Å². The minimum absolute atomic E-state index is 0.260. The van der Waals surface area contributed by atoms with Gasteiger partial charge in [-0.2, -0.15) is 5.10 Å². The molecule has 4 aromatic rings. The van der Waals surface area contributed by atoms with E-state index >= 15 is 0 Å². The summed E-state index contributed by atoms with van der Waals surface area (Å²) in [5.41, 5.74) is 7.09. The fraction of sp³-hybridized carbons (Fsp3) is 0.393. The van der Waals surface area contributed by atoms with Gasteiger partial charge in [0.15, 0.2) is 11.5 Å². The topological polar surface area (TPSA) is 78.3 Å². The lowest BCUT2D eigenvalue weighted by Crippen LogP contribution is -2.40. The number of aromatic nitrogens is 3. The predicted octanol–water partition coefficient (Wildman–Crippen LogP) is 4.71. The second kappa shape index (κ2) is 9.30. The number of benzene rings is 2. The number of hydrogen-bond acceptors (Lipinski definition) is 5. The van der Waals surface area contributed by atoms with Crippen molar-refractivity contribution in [2.75, 3.05) is 19.6 Å². The Morgan fingerprint density at radius 1 is 1.17 bits per heavy atom. The highest BCUT2D eigenvalue weighted by molar-refractivity contribution is 5.81. The van der Waals surface area contributed by atoms with Crippen molar-refractivity contribution in [3.05, 3.63) is 71.2 Å². The number of nitrogens with zero attached hydrogens (tertiary/aromatic N) is 4. The number of nitrogens with one attached hydrogen (secondary N) is 1. The minimum Gasteiger partial charge on any atom is -0.441 e. The largest absolute Gasteiger partial charge is 0.441 e. The molecule has 6 rings (SSSR count). The van der Waals surface area contributed by atoms with Crippen LogP contribution in [0.15, 0.2) is 52.9 Å². The van der Waals surface area contributed by atoms with Crippen LogP contribution in [0.5, 0.6) is 0 Å². The summed E-state index contributed by atoms with van der Waals surface area (Å²) in [5.74, 6) is 1.33. The van der Waals surface area contributed by atoms with Crippen molar-refractivity contribution in [1.29, 1.82) is 0 Å². The van der Waals surface area contributed by atoms with E-state index in [-0.39, 0.29) is 5.91 Å². The molecular weight excluding hydrogens is 438 g/mol. The Balaban J connectivity index is 1.13. The number of carbonyl (C=O) groups excluding carboxylic acids is 1. The summed E-state index contributed by atoms with van der Waals surface area (Å²) < 4.78 is 5.72. The van der Waals surface area contributed by atoms with E-state index in [9.17, 15) is 4.79 Å². The molecule has 2 aliphatic rings. The van der Waals surface area contributed by atoms with Gasteiger partial charge < -0.3 is 9.32 Å². The summed E-state index contributed by atoms with van der Waals surface area (Å²) in [7, 11) is 0. The van der Waals surface area contributed by atoms with Gasteiger partial charge in [-0.05, 0) is 43.0 Å². The first-order valence-corrected chi connectivity index (χ1v) is 12.6. The van der Waals surface area contributed by atoms with Crippen LogP contribution in [0.3, 0.4) is 0 Å². The molecule has 1 saturated heterocycles. The number of amides is 1. The van der Waals surface area contributed by atoms with E-state index in [2.05, 4.69) is 50.4 Å². The second-order valence-corrected chi connectivity index (χ2v) is 9.94. The Bertz CT molecular complexity index is 1340. The number of H-pyrrole nitrogens is 1. The van der Waals surface area contributed by atoms with E-state index < -0.39 is 0 Å². The van der Waals surface area contributed by atoms with Crippen molar-refractivity contribution < 1.29 is 9.21 Å². The minimum atomic E-state index is 0.260. The average Bonchev–Trinajstić information content (AvgIpc) is 3.46. The summed E-state index contributed by atoms with van der Waals surface area (Å²) in [6.45, 7) is 6.27. The van der Waals surface area contributed by atoms with Gasteiger partial charge >= 0.3 is 0 Å². The molecule has 2 aromatic heterocycles. The number of piperidine rings is 1. The number of aromatic amines is 1. The Labute approximate surface area is 205 Å². The standard InChI is InChI=1S/C28H31N5O2/c1-19-29-25-10-9-22(15-26(25)35-19)28-23-18-33(13-11-24(23)30-31-28)27(34)14-21-8-5-12-32(17-21)16-20-6-3-2-4-7-20/h2-4,6-7,9-10,15,21H,5,8,11-14,16-18H2,1H3,(H,30,31)/t21-/m0/s1. The Morgan fingerprint density at radius 3 is 2.94 bits per heavy atom. The molecule has 0 radical (unpaired) electrons. The Morgan fingerprint density at radius 2 is 2.06 bits per heavy atom. The number of hydrogen-bond donors (Lipinski definition) is 1. The van der Waals surface area contributed by atoms with Crippen LogP contribution in [0, 0.1) is 12.8 Å². The van der Waals surface area contributed by atoms with Crippen LogP contribution in [0.4, 0.5) is 0 Å². The molecule has 0 aliphatic carbocycles. The number of rotatable bonds is 5. The number of likely N-dealkylation sites (tertiary alicyclic amines) is 1. The van der Waals surface area contributed by atoms with Crippen molar-refractivity contribution in [2.24, 2.45) is 5.92 Å². The fourth-order valence-electron chi connectivity index (χ4n) is 5.61. The summed E-state index contributed by atoms with van der Waals surface area (Å²) in [6, 6.07) is 16.6. The molecule has 1 fully saturated rings. The smallest absolute Gasteiger partial charge is 0.223 e. The van der Waals surface area contributed by atoms with Crippen molar-refractivity contribution in [3.8, 4) is 11.3 Å². The van der Waals surface area contributed by atoms with Gasteiger partial charge in [0.05, 0.1) is 5.69 Å². The lowest BCUT2D eigenvalue weighted by atomic mass is 9.93. The monoisotopic (exact) mass is 469 g/mol. The third kappa shape index (κ3) is 4.60. The predicted molar refractivity (Wildman–Crippen MR) is 135 cm³/mol. The molecule has 1 atom stereocenters. The van der Waals surface area contributed by atoms with Gasteiger partial charge in [0, 0.05) is 62.8 Å². The first kappa shape index (κ1) is 22.0. The van der Waals surface area contributed by atoms with Gasteiger partial charge in [-0.3, -0.25) is 14.8 Å². The lowest BCUT2D eigenvalue weighted by molar-refractivity contribution is -0.133. The molecule has 0 unspecified atom stereocenters. The highest BCUT2D eigenvalue weighted by Crippen LogP contribution is 2.31. The number of carbonyl (C=O) groups is 1. The van der Waals surface area contributed by atoms with Crippen molar-refractivity contribution in [3.63, 3.8) is 0 Å². The maximum absolute atomic E-state index is 13.3. The molecule has 7 nitrogen and oxygen atoms in total. The van der Waals surface area contributed by atoms with Crippen LogP contribution in [-0.4, -0.2) is 50.5 Å². The van der Waals surface area contributed by atoms with Crippen LogP contribution in [0.1, 0.15) is 42.0 Å². The van der Waals surface area contributed by atoms with Crippen LogP contribution in [0.25, 0.3) is 22.4 Å². The zero-order chi connectivity index (χ0) is 23.8. The third-order valence-corrected chi connectivity index (χ3v) is 7.37. The molecule has 0 saturated carbocycles.